The van der Waals surface area contributed by atoms with E-state index >= 15 is 0 Å². The van der Waals surface area contributed by atoms with Gasteiger partial charge >= 0.3 is 0 Å². The van der Waals surface area contributed by atoms with E-state index in [-0.39, 0.29) is 18.5 Å². The van der Waals surface area contributed by atoms with Crippen LogP contribution in [0.4, 0.5) is 5.69 Å². The van der Waals surface area contributed by atoms with Crippen molar-refractivity contribution in [2.24, 2.45) is 5.16 Å². The van der Waals surface area contributed by atoms with Crippen molar-refractivity contribution in [2.75, 3.05) is 24.1 Å². The first-order valence-electron chi connectivity index (χ1n) is 11.9. The van der Waals surface area contributed by atoms with Crippen LogP contribution in [-0.4, -0.2) is 30.8 Å². The molecular weight excluding hydrogens is 412 g/mol. The van der Waals surface area contributed by atoms with Crippen LogP contribution >= 0.6 is 11.6 Å². The lowest BCUT2D eigenvalue weighted by molar-refractivity contribution is -0.117. The van der Waals surface area contributed by atoms with Crippen LogP contribution in [0.3, 0.4) is 0 Å². The van der Waals surface area contributed by atoms with Gasteiger partial charge in [-0.15, -0.1) is 11.6 Å². The van der Waals surface area contributed by atoms with Crippen LogP contribution in [0.2, 0.25) is 0 Å². The topological polar surface area (TPSA) is 51.1 Å². The fourth-order valence-electron chi connectivity index (χ4n) is 4.08. The van der Waals surface area contributed by atoms with Crippen molar-refractivity contribution in [2.45, 2.75) is 91.6 Å². The molecule has 0 bridgehead atoms. The maximum atomic E-state index is 12.8. The Hall–Kier alpha value is -1.59. The van der Waals surface area contributed by atoms with Gasteiger partial charge < -0.3 is 9.57 Å². The quantitative estimate of drug-likeness (QED) is 0.143. The largest absolute Gasteiger partial charge is 0.377 e. The summed E-state index contributed by atoms with van der Waals surface area (Å²) in [6, 6.07) is 4.23. The fourth-order valence-corrected chi connectivity index (χ4v) is 4.22. The number of anilines is 1. The number of alkyl halides is 1. The lowest BCUT2D eigenvalue weighted by Crippen LogP contribution is -2.35. The first-order valence-corrected chi connectivity index (χ1v) is 12.4. The minimum atomic E-state index is -0.171. The van der Waals surface area contributed by atoms with Gasteiger partial charge in [0, 0.05) is 6.61 Å². The Bertz CT molecular complexity index is 713. The summed E-state index contributed by atoms with van der Waals surface area (Å²) in [6.07, 6.45) is 10.7. The molecule has 0 radical (unpaired) electrons. The third-order valence-electron chi connectivity index (χ3n) is 5.84. The number of amides is 1. The molecular formula is C25H39ClN2O3. The molecule has 1 aromatic rings. The van der Waals surface area contributed by atoms with E-state index in [0.29, 0.717) is 6.61 Å². The van der Waals surface area contributed by atoms with E-state index in [1.165, 1.54) is 19.3 Å². The second kappa shape index (κ2) is 14.5. The number of hydrogen-bond donors (Lipinski definition) is 0. The molecule has 1 amide bonds. The van der Waals surface area contributed by atoms with Crippen LogP contribution in [0.5, 0.6) is 0 Å². The molecule has 0 atom stereocenters. The number of oxime groups is 1. The van der Waals surface area contributed by atoms with Gasteiger partial charge in [0.25, 0.3) is 0 Å². The molecule has 174 valence electrons. The maximum absolute atomic E-state index is 12.8. The SMILES string of the molecule is CCCCCCOCc1ccc(CC)c(N(CON=C2CCCC2)C(=O)CCl)c1CC. The minimum absolute atomic E-state index is 0.0797. The van der Waals surface area contributed by atoms with Crippen molar-refractivity contribution in [3.8, 4) is 0 Å². The summed E-state index contributed by atoms with van der Waals surface area (Å²) in [7, 11) is 0. The van der Waals surface area contributed by atoms with Crippen molar-refractivity contribution in [1.82, 2.24) is 0 Å². The summed E-state index contributed by atoms with van der Waals surface area (Å²) in [5.41, 5.74) is 5.35. The fraction of sp³-hybridized carbons (Fsp3) is 0.680. The number of ether oxygens (including phenoxy) is 1. The number of halogens is 1. The highest BCUT2D eigenvalue weighted by molar-refractivity contribution is 6.29. The molecule has 0 heterocycles. The molecule has 1 saturated carbocycles. The molecule has 0 N–H and O–H groups in total. The van der Waals surface area contributed by atoms with Gasteiger partial charge in [-0.25, -0.2) is 0 Å². The molecule has 5 nitrogen and oxygen atoms in total. The van der Waals surface area contributed by atoms with Gasteiger partial charge in [0.05, 0.1) is 18.0 Å². The van der Waals surface area contributed by atoms with E-state index in [9.17, 15) is 4.79 Å². The van der Waals surface area contributed by atoms with E-state index in [1.807, 2.05) is 0 Å². The van der Waals surface area contributed by atoms with Crippen molar-refractivity contribution in [3.05, 3.63) is 28.8 Å². The normalized spacial score (nSPS) is 13.5. The zero-order chi connectivity index (χ0) is 22.5. The molecule has 6 heteroatoms. The van der Waals surface area contributed by atoms with Crippen LogP contribution in [-0.2, 0) is 33.8 Å². The molecule has 1 aromatic carbocycles. The van der Waals surface area contributed by atoms with Gasteiger partial charge in [-0.3, -0.25) is 9.69 Å². The summed E-state index contributed by atoms with van der Waals surface area (Å²) >= 11 is 5.97. The number of benzene rings is 1. The molecule has 0 saturated heterocycles. The van der Waals surface area contributed by atoms with Crippen LogP contribution in [0.15, 0.2) is 17.3 Å². The van der Waals surface area contributed by atoms with Crippen LogP contribution in [0.1, 0.15) is 88.8 Å². The molecule has 0 aliphatic heterocycles. The van der Waals surface area contributed by atoms with Crippen molar-refractivity contribution < 1.29 is 14.4 Å². The van der Waals surface area contributed by atoms with Gasteiger partial charge in [-0.1, -0.05) is 57.3 Å². The van der Waals surface area contributed by atoms with Gasteiger partial charge in [0.1, 0.15) is 5.88 Å². The third kappa shape index (κ3) is 7.80. The number of aryl methyl sites for hydroxylation is 1. The number of carbonyl (C=O) groups is 1. The minimum Gasteiger partial charge on any atom is -0.377 e. The molecule has 0 unspecified atom stereocenters. The summed E-state index contributed by atoms with van der Waals surface area (Å²) in [5, 5.41) is 4.28. The standard InChI is InChI=1S/C25H39ClN2O3/c1-4-7-8-11-16-30-18-21-15-14-20(5-2)25(23(21)6-3)28(24(29)17-26)19-31-27-22-12-9-10-13-22/h14-15H,4-13,16-19H2,1-3H3. The van der Waals surface area contributed by atoms with Gasteiger partial charge in [-0.05, 0) is 61.6 Å². The monoisotopic (exact) mass is 450 g/mol. The highest BCUT2D eigenvalue weighted by Gasteiger charge is 2.23. The second-order valence-electron chi connectivity index (χ2n) is 8.11. The van der Waals surface area contributed by atoms with E-state index < -0.39 is 0 Å². The molecule has 0 spiro atoms. The van der Waals surface area contributed by atoms with Crippen molar-refractivity contribution in [3.63, 3.8) is 0 Å². The Morgan fingerprint density at radius 3 is 2.45 bits per heavy atom. The van der Waals surface area contributed by atoms with Crippen LogP contribution < -0.4 is 4.90 Å². The van der Waals surface area contributed by atoms with Gasteiger partial charge in [-0.2, -0.15) is 0 Å². The zero-order valence-corrected chi connectivity index (χ0v) is 20.3. The lowest BCUT2D eigenvalue weighted by Gasteiger charge is -2.27. The summed E-state index contributed by atoms with van der Waals surface area (Å²) in [4.78, 5) is 20.1. The van der Waals surface area contributed by atoms with E-state index in [0.717, 1.165) is 79.6 Å². The summed E-state index contributed by atoms with van der Waals surface area (Å²) in [6.45, 7) is 7.83. The number of rotatable bonds is 14. The smallest absolute Gasteiger partial charge is 0.244 e. The molecule has 1 aliphatic carbocycles. The molecule has 1 fully saturated rings. The van der Waals surface area contributed by atoms with Crippen molar-refractivity contribution >= 4 is 28.9 Å². The third-order valence-corrected chi connectivity index (χ3v) is 6.07. The Kier molecular flexibility index (Phi) is 12.0. The maximum Gasteiger partial charge on any atom is 0.244 e. The Balaban J connectivity index is 2.21. The molecule has 2 rings (SSSR count). The zero-order valence-electron chi connectivity index (χ0n) is 19.6. The average Bonchev–Trinajstić information content (AvgIpc) is 3.31. The number of hydrogen-bond acceptors (Lipinski definition) is 4. The van der Waals surface area contributed by atoms with E-state index in [4.69, 9.17) is 21.2 Å². The Morgan fingerprint density at radius 2 is 1.81 bits per heavy atom. The van der Waals surface area contributed by atoms with Gasteiger partial charge in [0.2, 0.25) is 5.91 Å². The predicted octanol–water partition coefficient (Wildman–Crippen LogP) is 6.38. The summed E-state index contributed by atoms with van der Waals surface area (Å²) < 4.78 is 5.97. The molecule has 0 aromatic heterocycles. The second-order valence-corrected chi connectivity index (χ2v) is 8.38. The summed E-state index contributed by atoms with van der Waals surface area (Å²) in [5.74, 6) is -0.264. The first-order chi connectivity index (χ1) is 15.2. The molecule has 31 heavy (non-hydrogen) atoms. The lowest BCUT2D eigenvalue weighted by atomic mass is 9.96. The number of unbranched alkanes of at least 4 members (excludes halogenated alkanes) is 3. The highest BCUT2D eigenvalue weighted by Crippen LogP contribution is 2.31. The van der Waals surface area contributed by atoms with Gasteiger partial charge in [0.15, 0.2) is 6.73 Å². The van der Waals surface area contributed by atoms with E-state index in [2.05, 4.69) is 38.1 Å². The van der Waals surface area contributed by atoms with Crippen molar-refractivity contribution in [1.29, 1.82) is 0 Å². The Labute approximate surface area is 193 Å². The van der Waals surface area contributed by atoms with Crippen LogP contribution in [0, 0.1) is 0 Å². The Morgan fingerprint density at radius 1 is 1.06 bits per heavy atom. The van der Waals surface area contributed by atoms with Crippen LogP contribution in [0.25, 0.3) is 0 Å². The highest BCUT2D eigenvalue weighted by atomic mass is 35.5. The van der Waals surface area contributed by atoms with E-state index in [1.54, 1.807) is 4.90 Å². The average molecular weight is 451 g/mol. The number of nitrogens with zero attached hydrogens (tertiary/aromatic N) is 2. The predicted molar refractivity (Wildman–Crippen MR) is 129 cm³/mol. The first kappa shape index (κ1) is 25.7. The molecule has 1 aliphatic rings. The number of carbonyl (C=O) groups excluding carboxylic acids is 1.